The summed E-state index contributed by atoms with van der Waals surface area (Å²) >= 11 is 0. The van der Waals surface area contributed by atoms with E-state index in [9.17, 15) is 9.59 Å². The summed E-state index contributed by atoms with van der Waals surface area (Å²) in [6.45, 7) is 6.22. The number of carboxylic acid groups (broad SMARTS) is 1. The van der Waals surface area contributed by atoms with Crippen LogP contribution in [0, 0.1) is 5.41 Å². The predicted molar refractivity (Wildman–Crippen MR) is 74.1 cm³/mol. The maximum Gasteiger partial charge on any atom is 0.317 e. The van der Waals surface area contributed by atoms with Gasteiger partial charge in [-0.25, -0.2) is 4.79 Å². The minimum Gasteiger partial charge on any atom is -0.481 e. The Morgan fingerprint density at radius 2 is 1.89 bits per heavy atom. The maximum absolute atomic E-state index is 11.9. The van der Waals surface area contributed by atoms with E-state index in [2.05, 4.69) is 19.2 Å². The lowest BCUT2D eigenvalue weighted by molar-refractivity contribution is -0.136. The van der Waals surface area contributed by atoms with Crippen LogP contribution < -0.4 is 5.32 Å². The van der Waals surface area contributed by atoms with Crippen LogP contribution in [0.2, 0.25) is 0 Å². The first-order valence-electron chi connectivity index (χ1n) is 7.27. The van der Waals surface area contributed by atoms with E-state index in [0.717, 1.165) is 38.8 Å². The largest absolute Gasteiger partial charge is 0.481 e. The van der Waals surface area contributed by atoms with Crippen LogP contribution in [0.1, 0.15) is 52.4 Å². The first-order valence-corrected chi connectivity index (χ1v) is 7.27. The number of carbonyl (C=O) groups is 2. The van der Waals surface area contributed by atoms with Crippen LogP contribution in [0.5, 0.6) is 0 Å². The summed E-state index contributed by atoms with van der Waals surface area (Å²) in [4.78, 5) is 24.2. The summed E-state index contributed by atoms with van der Waals surface area (Å²) in [5.41, 5.74) is 0.385. The lowest BCUT2D eigenvalue weighted by atomic mass is 9.76. The Hall–Kier alpha value is -1.26. The molecule has 1 fully saturated rings. The van der Waals surface area contributed by atoms with Crippen molar-refractivity contribution >= 4 is 12.0 Å². The van der Waals surface area contributed by atoms with Crippen molar-refractivity contribution in [3.05, 3.63) is 0 Å². The Morgan fingerprint density at radius 3 is 2.47 bits per heavy atom. The highest BCUT2D eigenvalue weighted by molar-refractivity contribution is 5.75. The third-order valence-electron chi connectivity index (χ3n) is 4.45. The molecule has 0 radical (unpaired) electrons. The van der Waals surface area contributed by atoms with E-state index in [1.807, 2.05) is 4.90 Å². The van der Waals surface area contributed by atoms with E-state index in [1.54, 1.807) is 0 Å². The molecule has 1 aliphatic heterocycles. The molecule has 0 aromatic heterocycles. The van der Waals surface area contributed by atoms with Gasteiger partial charge in [0.2, 0.25) is 0 Å². The van der Waals surface area contributed by atoms with Crippen molar-refractivity contribution in [3.8, 4) is 0 Å². The zero-order valence-corrected chi connectivity index (χ0v) is 12.1. The zero-order chi connectivity index (χ0) is 14.3. The van der Waals surface area contributed by atoms with E-state index in [0.29, 0.717) is 5.41 Å². The van der Waals surface area contributed by atoms with E-state index >= 15 is 0 Å². The second kappa shape index (κ2) is 7.36. The van der Waals surface area contributed by atoms with Crippen molar-refractivity contribution in [2.45, 2.75) is 52.4 Å². The molecule has 0 saturated carbocycles. The van der Waals surface area contributed by atoms with Crippen molar-refractivity contribution in [3.63, 3.8) is 0 Å². The van der Waals surface area contributed by atoms with Crippen LogP contribution in [0.25, 0.3) is 0 Å². The molecule has 0 unspecified atom stereocenters. The molecule has 5 heteroatoms. The number of urea groups is 1. The van der Waals surface area contributed by atoms with Crippen LogP contribution in [0.15, 0.2) is 0 Å². The Labute approximate surface area is 115 Å². The molecule has 1 saturated heterocycles. The molecule has 2 N–H and O–H groups in total. The zero-order valence-electron chi connectivity index (χ0n) is 12.1. The van der Waals surface area contributed by atoms with Crippen LogP contribution in [0.3, 0.4) is 0 Å². The van der Waals surface area contributed by atoms with Crippen molar-refractivity contribution in [2.75, 3.05) is 19.6 Å². The molecule has 0 aliphatic carbocycles. The Morgan fingerprint density at radius 1 is 1.21 bits per heavy atom. The average Bonchev–Trinajstić information content (AvgIpc) is 2.61. The van der Waals surface area contributed by atoms with Gasteiger partial charge < -0.3 is 15.3 Å². The van der Waals surface area contributed by atoms with Gasteiger partial charge in [-0.3, -0.25) is 4.79 Å². The quantitative estimate of drug-likeness (QED) is 0.806. The van der Waals surface area contributed by atoms with Crippen molar-refractivity contribution in [2.24, 2.45) is 5.41 Å². The molecule has 110 valence electrons. The first-order chi connectivity index (χ1) is 9.03. The fourth-order valence-electron chi connectivity index (χ4n) is 2.80. The lowest BCUT2D eigenvalue weighted by Gasteiger charge is -2.30. The third-order valence-corrected chi connectivity index (χ3v) is 4.45. The van der Waals surface area contributed by atoms with Crippen molar-refractivity contribution in [1.82, 2.24) is 10.2 Å². The van der Waals surface area contributed by atoms with E-state index in [-0.39, 0.29) is 19.0 Å². The lowest BCUT2D eigenvalue weighted by Crippen LogP contribution is -2.41. The average molecular weight is 270 g/mol. The van der Waals surface area contributed by atoms with Gasteiger partial charge in [0, 0.05) is 19.6 Å². The number of hydrogen-bond acceptors (Lipinski definition) is 2. The Kier molecular flexibility index (Phi) is 6.12. The number of nitrogens with one attached hydrogen (secondary N) is 1. The summed E-state index contributed by atoms with van der Waals surface area (Å²) in [5.74, 6) is -0.882. The molecule has 0 atom stereocenters. The Bertz CT molecular complexity index is 314. The molecular formula is C14H26N2O3. The minimum absolute atomic E-state index is 0.0204. The first kappa shape index (κ1) is 15.8. The van der Waals surface area contributed by atoms with E-state index < -0.39 is 5.97 Å². The number of hydrogen-bond donors (Lipinski definition) is 2. The summed E-state index contributed by atoms with van der Waals surface area (Å²) < 4.78 is 0. The molecule has 0 spiro atoms. The molecule has 0 bridgehead atoms. The van der Waals surface area contributed by atoms with Crippen LogP contribution in [-0.2, 0) is 4.79 Å². The molecule has 0 aromatic carbocycles. The minimum atomic E-state index is -0.882. The van der Waals surface area contributed by atoms with Gasteiger partial charge >= 0.3 is 12.0 Å². The second-order valence-electron chi connectivity index (χ2n) is 5.42. The molecule has 0 aromatic rings. The molecule has 19 heavy (non-hydrogen) atoms. The number of amides is 2. The van der Waals surface area contributed by atoms with Crippen LogP contribution in [0.4, 0.5) is 4.79 Å². The van der Waals surface area contributed by atoms with Crippen molar-refractivity contribution in [1.29, 1.82) is 0 Å². The van der Waals surface area contributed by atoms with Crippen LogP contribution >= 0.6 is 0 Å². The molecule has 1 heterocycles. The maximum atomic E-state index is 11.9. The van der Waals surface area contributed by atoms with Gasteiger partial charge in [0.05, 0.1) is 6.42 Å². The number of likely N-dealkylation sites (tertiary alicyclic amines) is 1. The smallest absolute Gasteiger partial charge is 0.317 e. The van der Waals surface area contributed by atoms with Gasteiger partial charge in [0.1, 0.15) is 0 Å². The fraction of sp³-hybridized carbons (Fsp3) is 0.857. The number of carbonyl (C=O) groups excluding carboxylic acids is 1. The molecule has 2 amide bonds. The number of rotatable bonds is 5. The summed E-state index contributed by atoms with van der Waals surface area (Å²) in [6.07, 6.45) is 5.57. The third kappa shape index (κ3) is 4.73. The molecule has 1 rings (SSSR count). The highest BCUT2D eigenvalue weighted by Crippen LogP contribution is 2.37. The second-order valence-corrected chi connectivity index (χ2v) is 5.42. The number of nitrogens with zero attached hydrogens (tertiary/aromatic N) is 1. The van der Waals surface area contributed by atoms with E-state index in [4.69, 9.17) is 5.11 Å². The summed E-state index contributed by atoms with van der Waals surface area (Å²) in [7, 11) is 0. The Balaban J connectivity index is 2.43. The fourth-order valence-corrected chi connectivity index (χ4v) is 2.80. The van der Waals surface area contributed by atoms with Gasteiger partial charge in [-0.1, -0.05) is 26.7 Å². The molecule has 5 nitrogen and oxygen atoms in total. The van der Waals surface area contributed by atoms with Crippen LogP contribution in [-0.4, -0.2) is 41.6 Å². The van der Waals surface area contributed by atoms with Gasteiger partial charge in [-0.2, -0.15) is 0 Å². The van der Waals surface area contributed by atoms with E-state index in [1.165, 1.54) is 6.42 Å². The van der Waals surface area contributed by atoms with Gasteiger partial charge in [0.25, 0.3) is 0 Å². The normalized spacial score (nSPS) is 18.7. The van der Waals surface area contributed by atoms with Crippen molar-refractivity contribution < 1.29 is 14.7 Å². The number of aliphatic carboxylic acids is 1. The van der Waals surface area contributed by atoms with Gasteiger partial charge in [-0.15, -0.1) is 0 Å². The van der Waals surface area contributed by atoms with Gasteiger partial charge in [0.15, 0.2) is 0 Å². The predicted octanol–water partition coefficient (Wildman–Crippen LogP) is 2.46. The summed E-state index contributed by atoms with van der Waals surface area (Å²) in [6, 6.07) is -0.121. The highest BCUT2D eigenvalue weighted by atomic mass is 16.4. The monoisotopic (exact) mass is 270 g/mol. The summed E-state index contributed by atoms with van der Waals surface area (Å²) in [5, 5.41) is 11.2. The SMILES string of the molecule is CCC1(CC)CCCN(C(=O)NCCC(=O)O)CC1. The van der Waals surface area contributed by atoms with Gasteiger partial charge in [-0.05, 0) is 24.7 Å². The standard InChI is InChI=1S/C14H26N2O3/c1-3-14(4-2)7-5-10-16(11-8-14)13(19)15-9-6-12(17)18/h3-11H2,1-2H3,(H,15,19)(H,17,18). The number of carboxylic acids is 1. The molecule has 1 aliphatic rings. The highest BCUT2D eigenvalue weighted by Gasteiger charge is 2.30. The molecular weight excluding hydrogens is 244 g/mol. The topological polar surface area (TPSA) is 69.6 Å².